The summed E-state index contributed by atoms with van der Waals surface area (Å²) in [5.41, 5.74) is 4.94. The Kier molecular flexibility index (Phi) is 5.79. The summed E-state index contributed by atoms with van der Waals surface area (Å²) in [4.78, 5) is 23.2. The number of hydrogen-bond donors (Lipinski definition) is 3. The zero-order chi connectivity index (χ0) is 14.5. The molecule has 4 N–H and O–H groups in total. The van der Waals surface area contributed by atoms with E-state index in [4.69, 9.17) is 5.73 Å². The quantitative estimate of drug-likeness (QED) is 0.682. The molecule has 0 aromatic heterocycles. The van der Waals surface area contributed by atoms with E-state index in [9.17, 15) is 14.7 Å². The molecule has 0 spiro atoms. The Labute approximate surface area is 114 Å². The normalized spacial score (nSPS) is 28.7. The molecule has 0 bridgehead atoms. The van der Waals surface area contributed by atoms with Gasteiger partial charge in [-0.3, -0.25) is 9.59 Å². The molecule has 1 aliphatic carbocycles. The third kappa shape index (κ3) is 4.49. The highest BCUT2D eigenvalue weighted by Gasteiger charge is 2.41. The lowest BCUT2D eigenvalue weighted by molar-refractivity contribution is -0.151. The maximum absolute atomic E-state index is 11.7. The number of carbonyl (C=O) groups excluding carboxylic acids is 1. The molecule has 0 radical (unpaired) electrons. The predicted molar refractivity (Wildman–Crippen MR) is 73.6 cm³/mol. The second-order valence-corrected chi connectivity index (χ2v) is 5.92. The van der Waals surface area contributed by atoms with E-state index in [1.54, 1.807) is 0 Å². The van der Waals surface area contributed by atoms with Crippen LogP contribution in [0.25, 0.3) is 0 Å². The molecule has 1 saturated carbocycles. The number of hydrogen-bond acceptors (Lipinski definition) is 3. The van der Waals surface area contributed by atoms with Crippen molar-refractivity contribution in [3.63, 3.8) is 0 Å². The molecule has 1 aliphatic rings. The monoisotopic (exact) mass is 270 g/mol. The molecule has 0 aromatic rings. The van der Waals surface area contributed by atoms with Gasteiger partial charge in [0.2, 0.25) is 5.91 Å². The Morgan fingerprint density at radius 1 is 1.42 bits per heavy atom. The summed E-state index contributed by atoms with van der Waals surface area (Å²) in [7, 11) is 0. The average Bonchev–Trinajstić information content (AvgIpc) is 2.38. The van der Waals surface area contributed by atoms with Gasteiger partial charge in [0.05, 0.1) is 5.41 Å². The Hall–Kier alpha value is -1.10. The number of carboxylic acid groups (broad SMARTS) is 1. The maximum Gasteiger partial charge on any atom is 0.311 e. The molecule has 0 aliphatic heterocycles. The van der Waals surface area contributed by atoms with Crippen molar-refractivity contribution in [2.45, 2.75) is 58.4 Å². The van der Waals surface area contributed by atoms with Crippen molar-refractivity contribution in [3.8, 4) is 0 Å². The van der Waals surface area contributed by atoms with Gasteiger partial charge in [-0.05, 0) is 38.0 Å². The van der Waals surface area contributed by atoms with Gasteiger partial charge < -0.3 is 16.2 Å². The topological polar surface area (TPSA) is 92.4 Å². The highest BCUT2D eigenvalue weighted by Crippen LogP contribution is 2.38. The first-order chi connectivity index (χ1) is 8.89. The van der Waals surface area contributed by atoms with Gasteiger partial charge in [-0.1, -0.05) is 13.8 Å². The molecule has 5 heteroatoms. The van der Waals surface area contributed by atoms with E-state index in [1.807, 2.05) is 6.92 Å². The molecule has 1 unspecified atom stereocenters. The van der Waals surface area contributed by atoms with Crippen molar-refractivity contribution in [1.29, 1.82) is 0 Å². The molecule has 110 valence electrons. The number of nitrogens with one attached hydrogen (secondary N) is 1. The molecule has 1 amide bonds. The summed E-state index contributed by atoms with van der Waals surface area (Å²) in [5.74, 6) is -0.357. The number of carboxylic acids is 1. The van der Waals surface area contributed by atoms with Crippen LogP contribution in [0.2, 0.25) is 0 Å². The Bertz CT molecular complexity index is 323. The van der Waals surface area contributed by atoms with Gasteiger partial charge in [0, 0.05) is 19.0 Å². The van der Waals surface area contributed by atoms with Crippen molar-refractivity contribution in [2.24, 2.45) is 17.1 Å². The summed E-state index contributed by atoms with van der Waals surface area (Å²) >= 11 is 0. The molecule has 0 heterocycles. The third-order valence-electron chi connectivity index (χ3n) is 4.28. The highest BCUT2D eigenvalue weighted by molar-refractivity contribution is 5.79. The van der Waals surface area contributed by atoms with Gasteiger partial charge in [0.1, 0.15) is 0 Å². The maximum atomic E-state index is 11.7. The van der Waals surface area contributed by atoms with E-state index in [1.165, 1.54) is 0 Å². The fraction of sp³-hybridized carbons (Fsp3) is 0.857. The van der Waals surface area contributed by atoms with E-state index < -0.39 is 11.4 Å². The van der Waals surface area contributed by atoms with Crippen molar-refractivity contribution >= 4 is 11.9 Å². The number of rotatable bonds is 6. The van der Waals surface area contributed by atoms with Crippen LogP contribution in [-0.4, -0.2) is 29.6 Å². The zero-order valence-electron chi connectivity index (χ0n) is 11.9. The molecular formula is C14H26N2O3. The molecule has 1 rings (SSSR count). The van der Waals surface area contributed by atoms with Crippen LogP contribution in [0.15, 0.2) is 0 Å². The van der Waals surface area contributed by atoms with Crippen LogP contribution in [0.3, 0.4) is 0 Å². The minimum Gasteiger partial charge on any atom is -0.481 e. The van der Waals surface area contributed by atoms with E-state index in [2.05, 4.69) is 12.2 Å². The number of nitrogens with two attached hydrogens (primary N) is 1. The Balaban J connectivity index is 2.51. The van der Waals surface area contributed by atoms with Crippen LogP contribution in [0.5, 0.6) is 0 Å². The molecule has 0 saturated heterocycles. The number of amides is 1. The summed E-state index contributed by atoms with van der Waals surface area (Å²) < 4.78 is 0. The van der Waals surface area contributed by atoms with Crippen molar-refractivity contribution in [3.05, 3.63) is 0 Å². The fourth-order valence-corrected chi connectivity index (χ4v) is 2.50. The third-order valence-corrected chi connectivity index (χ3v) is 4.28. The smallest absolute Gasteiger partial charge is 0.311 e. The van der Waals surface area contributed by atoms with Crippen molar-refractivity contribution < 1.29 is 14.7 Å². The Morgan fingerprint density at radius 2 is 2.00 bits per heavy atom. The molecule has 5 nitrogen and oxygen atoms in total. The molecular weight excluding hydrogens is 244 g/mol. The van der Waals surface area contributed by atoms with Gasteiger partial charge in [0.25, 0.3) is 0 Å². The first kappa shape index (κ1) is 16.0. The largest absolute Gasteiger partial charge is 0.481 e. The number of aliphatic carboxylic acids is 1. The van der Waals surface area contributed by atoms with E-state index in [0.29, 0.717) is 18.8 Å². The van der Waals surface area contributed by atoms with Crippen LogP contribution < -0.4 is 11.1 Å². The standard InChI is InChI=1S/C14H26N2O3/c1-3-11(15)8-12(17)16-9-14(13(18)19)6-4-10(2)5-7-14/h10-11H,3-9,15H2,1-2H3,(H,16,17)(H,18,19). The van der Waals surface area contributed by atoms with Gasteiger partial charge in [-0.2, -0.15) is 0 Å². The number of carbonyl (C=O) groups is 2. The van der Waals surface area contributed by atoms with Crippen molar-refractivity contribution in [1.82, 2.24) is 5.32 Å². The minimum atomic E-state index is -0.792. The lowest BCUT2D eigenvalue weighted by atomic mass is 9.71. The summed E-state index contributed by atoms with van der Waals surface area (Å²) in [6, 6.07) is -0.146. The predicted octanol–water partition coefficient (Wildman–Crippen LogP) is 1.51. The summed E-state index contributed by atoms with van der Waals surface area (Å²) in [6.45, 7) is 4.30. The second-order valence-electron chi connectivity index (χ2n) is 5.92. The zero-order valence-corrected chi connectivity index (χ0v) is 11.9. The lowest BCUT2D eigenvalue weighted by Gasteiger charge is -2.35. The first-order valence-corrected chi connectivity index (χ1v) is 7.15. The summed E-state index contributed by atoms with van der Waals surface area (Å²) in [6.07, 6.45) is 4.12. The minimum absolute atomic E-state index is 0.145. The van der Waals surface area contributed by atoms with Gasteiger partial charge in [-0.15, -0.1) is 0 Å². The fourth-order valence-electron chi connectivity index (χ4n) is 2.50. The molecule has 0 aromatic carbocycles. The molecule has 1 fully saturated rings. The molecule has 1 atom stereocenters. The van der Waals surface area contributed by atoms with Crippen LogP contribution >= 0.6 is 0 Å². The SMILES string of the molecule is CCC(N)CC(=O)NCC1(C(=O)O)CCC(C)CC1. The van der Waals surface area contributed by atoms with E-state index in [-0.39, 0.29) is 24.9 Å². The lowest BCUT2D eigenvalue weighted by Crippen LogP contribution is -2.46. The summed E-state index contributed by atoms with van der Waals surface area (Å²) in [5, 5.41) is 12.2. The molecule has 19 heavy (non-hydrogen) atoms. The van der Waals surface area contributed by atoms with Crippen LogP contribution in [0.1, 0.15) is 52.4 Å². The van der Waals surface area contributed by atoms with Gasteiger partial charge in [0.15, 0.2) is 0 Å². The van der Waals surface area contributed by atoms with E-state index >= 15 is 0 Å². The van der Waals surface area contributed by atoms with Crippen molar-refractivity contribution in [2.75, 3.05) is 6.54 Å². The highest BCUT2D eigenvalue weighted by atomic mass is 16.4. The van der Waals surface area contributed by atoms with Gasteiger partial charge >= 0.3 is 5.97 Å². The second kappa shape index (κ2) is 6.89. The first-order valence-electron chi connectivity index (χ1n) is 7.15. The van der Waals surface area contributed by atoms with Gasteiger partial charge in [-0.25, -0.2) is 0 Å². The van der Waals surface area contributed by atoms with Crippen LogP contribution in [0, 0.1) is 11.3 Å². The average molecular weight is 270 g/mol. The Morgan fingerprint density at radius 3 is 2.47 bits per heavy atom. The van der Waals surface area contributed by atoms with E-state index in [0.717, 1.165) is 19.3 Å². The van der Waals surface area contributed by atoms with Crippen LogP contribution in [0.4, 0.5) is 0 Å². The van der Waals surface area contributed by atoms with Crippen LogP contribution in [-0.2, 0) is 9.59 Å².